The third-order valence-corrected chi connectivity index (χ3v) is 4.16. The molecule has 0 fully saturated rings. The van der Waals surface area contributed by atoms with E-state index in [2.05, 4.69) is 41.2 Å². The van der Waals surface area contributed by atoms with Gasteiger partial charge in [-0.05, 0) is 32.0 Å². The first-order valence-corrected chi connectivity index (χ1v) is 8.79. The van der Waals surface area contributed by atoms with E-state index >= 15 is 0 Å². The molecule has 0 radical (unpaired) electrons. The van der Waals surface area contributed by atoms with E-state index in [-0.39, 0.29) is 0 Å². The molecule has 1 heterocycles. The lowest BCUT2D eigenvalue weighted by Gasteiger charge is -2.20. The van der Waals surface area contributed by atoms with Crippen LogP contribution >= 0.6 is 11.6 Å². The molecule has 128 valence electrons. The Morgan fingerprint density at radius 3 is 2.36 bits per heavy atom. The quantitative estimate of drug-likeness (QED) is 0.646. The Labute approximate surface area is 153 Å². The molecule has 0 aliphatic heterocycles. The molecule has 3 rings (SSSR count). The van der Waals surface area contributed by atoms with Crippen molar-refractivity contribution in [3.05, 3.63) is 65.7 Å². The fourth-order valence-corrected chi connectivity index (χ4v) is 2.81. The molecule has 0 spiro atoms. The first-order chi connectivity index (χ1) is 12.2. The molecule has 3 aromatic rings. The second kappa shape index (κ2) is 7.99. The molecule has 0 saturated heterocycles. The first-order valence-electron chi connectivity index (χ1n) is 8.41. The van der Waals surface area contributed by atoms with E-state index in [0.29, 0.717) is 5.02 Å². The summed E-state index contributed by atoms with van der Waals surface area (Å²) in [5.74, 6) is 1.47. The van der Waals surface area contributed by atoms with Crippen LogP contribution in [-0.4, -0.2) is 23.1 Å². The van der Waals surface area contributed by atoms with E-state index in [0.717, 1.165) is 41.8 Å². The molecule has 1 N–H and O–H groups in total. The Balaban J connectivity index is 2.03. The molecule has 0 aliphatic rings. The molecule has 5 heteroatoms. The fourth-order valence-electron chi connectivity index (χ4n) is 2.62. The number of benzene rings is 2. The number of aromatic nitrogens is 2. The van der Waals surface area contributed by atoms with Gasteiger partial charge in [0.2, 0.25) is 5.95 Å². The number of rotatable bonds is 6. The van der Waals surface area contributed by atoms with Crippen LogP contribution in [0.4, 0.5) is 17.5 Å². The maximum absolute atomic E-state index is 6.08. The van der Waals surface area contributed by atoms with Gasteiger partial charge in [0, 0.05) is 35.4 Å². The summed E-state index contributed by atoms with van der Waals surface area (Å²) >= 11 is 6.08. The molecular weight excluding hydrogens is 332 g/mol. The number of hydrogen-bond donors (Lipinski definition) is 1. The molecule has 0 unspecified atom stereocenters. The van der Waals surface area contributed by atoms with Crippen LogP contribution < -0.4 is 10.2 Å². The second-order valence-corrected chi connectivity index (χ2v) is 6.05. The van der Waals surface area contributed by atoms with Crippen LogP contribution in [0.15, 0.2) is 60.7 Å². The van der Waals surface area contributed by atoms with Gasteiger partial charge in [0.05, 0.1) is 5.69 Å². The SMILES string of the molecule is CCN(CC)c1nc(Nc2cccc(Cl)c2)cc(-c2ccccc2)n1. The van der Waals surface area contributed by atoms with Gasteiger partial charge in [0.1, 0.15) is 5.82 Å². The lowest BCUT2D eigenvalue weighted by Crippen LogP contribution is -2.24. The lowest BCUT2D eigenvalue weighted by molar-refractivity contribution is 0.823. The van der Waals surface area contributed by atoms with Crippen molar-refractivity contribution in [1.29, 1.82) is 0 Å². The topological polar surface area (TPSA) is 41.1 Å². The Morgan fingerprint density at radius 1 is 0.920 bits per heavy atom. The largest absolute Gasteiger partial charge is 0.341 e. The normalized spacial score (nSPS) is 10.5. The predicted octanol–water partition coefficient (Wildman–Crippen LogP) is 5.39. The summed E-state index contributed by atoms with van der Waals surface area (Å²) in [5.41, 5.74) is 2.85. The highest BCUT2D eigenvalue weighted by Crippen LogP contribution is 2.25. The highest BCUT2D eigenvalue weighted by atomic mass is 35.5. The summed E-state index contributed by atoms with van der Waals surface area (Å²) in [5, 5.41) is 4.02. The summed E-state index contributed by atoms with van der Waals surface area (Å²) < 4.78 is 0. The van der Waals surface area contributed by atoms with Crippen LogP contribution in [0.3, 0.4) is 0 Å². The minimum absolute atomic E-state index is 0.686. The van der Waals surface area contributed by atoms with Crippen LogP contribution in [0, 0.1) is 0 Å². The summed E-state index contributed by atoms with van der Waals surface area (Å²) in [7, 11) is 0. The zero-order valence-corrected chi connectivity index (χ0v) is 15.2. The van der Waals surface area contributed by atoms with E-state index in [9.17, 15) is 0 Å². The highest BCUT2D eigenvalue weighted by Gasteiger charge is 2.11. The Morgan fingerprint density at radius 2 is 1.68 bits per heavy atom. The van der Waals surface area contributed by atoms with Crippen LogP contribution in [0.25, 0.3) is 11.3 Å². The molecule has 0 bridgehead atoms. The minimum atomic E-state index is 0.686. The summed E-state index contributed by atoms with van der Waals surface area (Å²) in [4.78, 5) is 11.6. The molecule has 0 aliphatic carbocycles. The average Bonchev–Trinajstić information content (AvgIpc) is 2.63. The molecular formula is C20H21ClN4. The third-order valence-electron chi connectivity index (χ3n) is 3.93. The van der Waals surface area contributed by atoms with Gasteiger partial charge in [-0.3, -0.25) is 0 Å². The van der Waals surface area contributed by atoms with Gasteiger partial charge in [-0.2, -0.15) is 4.98 Å². The van der Waals surface area contributed by atoms with E-state index in [1.807, 2.05) is 48.5 Å². The lowest BCUT2D eigenvalue weighted by atomic mass is 10.1. The highest BCUT2D eigenvalue weighted by molar-refractivity contribution is 6.30. The zero-order valence-electron chi connectivity index (χ0n) is 14.4. The van der Waals surface area contributed by atoms with E-state index < -0.39 is 0 Å². The standard InChI is InChI=1S/C20H21ClN4/c1-3-25(4-2)20-23-18(15-9-6-5-7-10-15)14-19(24-20)22-17-12-8-11-16(21)13-17/h5-14H,3-4H2,1-2H3,(H,22,23,24). The number of nitrogens with one attached hydrogen (secondary N) is 1. The van der Waals surface area contributed by atoms with Gasteiger partial charge in [0.15, 0.2) is 0 Å². The smallest absolute Gasteiger partial charge is 0.227 e. The summed E-state index contributed by atoms with van der Waals surface area (Å²) in [6.45, 7) is 5.91. The van der Waals surface area contributed by atoms with Crippen molar-refractivity contribution >= 4 is 29.1 Å². The summed E-state index contributed by atoms with van der Waals surface area (Å²) in [6, 6.07) is 19.7. The molecule has 4 nitrogen and oxygen atoms in total. The van der Waals surface area contributed by atoms with Gasteiger partial charge in [-0.15, -0.1) is 0 Å². The van der Waals surface area contributed by atoms with Crippen molar-refractivity contribution in [2.75, 3.05) is 23.3 Å². The van der Waals surface area contributed by atoms with Gasteiger partial charge < -0.3 is 10.2 Å². The maximum atomic E-state index is 6.08. The first kappa shape index (κ1) is 17.2. The Hall–Kier alpha value is -2.59. The van der Waals surface area contributed by atoms with Gasteiger partial charge in [0.25, 0.3) is 0 Å². The molecule has 0 atom stereocenters. The number of halogens is 1. The van der Waals surface area contributed by atoms with E-state index in [1.165, 1.54) is 0 Å². The molecule has 1 aromatic heterocycles. The van der Waals surface area contributed by atoms with Crippen molar-refractivity contribution in [2.45, 2.75) is 13.8 Å². The molecule has 0 saturated carbocycles. The number of hydrogen-bond acceptors (Lipinski definition) is 4. The van der Waals surface area contributed by atoms with Crippen molar-refractivity contribution in [3.63, 3.8) is 0 Å². The predicted molar refractivity (Wildman–Crippen MR) is 106 cm³/mol. The van der Waals surface area contributed by atoms with Crippen LogP contribution in [0.1, 0.15) is 13.8 Å². The number of nitrogens with zero attached hydrogens (tertiary/aromatic N) is 3. The number of anilines is 3. The Kier molecular flexibility index (Phi) is 5.51. The average molecular weight is 353 g/mol. The minimum Gasteiger partial charge on any atom is -0.341 e. The van der Waals surface area contributed by atoms with Crippen LogP contribution in [0.2, 0.25) is 5.02 Å². The molecule has 2 aromatic carbocycles. The monoisotopic (exact) mass is 352 g/mol. The van der Waals surface area contributed by atoms with E-state index in [4.69, 9.17) is 16.6 Å². The van der Waals surface area contributed by atoms with Crippen LogP contribution in [0.5, 0.6) is 0 Å². The summed E-state index contributed by atoms with van der Waals surface area (Å²) in [6.07, 6.45) is 0. The molecule has 25 heavy (non-hydrogen) atoms. The van der Waals surface area contributed by atoms with Gasteiger partial charge in [-0.25, -0.2) is 4.98 Å². The van der Waals surface area contributed by atoms with Gasteiger partial charge >= 0.3 is 0 Å². The maximum Gasteiger partial charge on any atom is 0.227 e. The van der Waals surface area contributed by atoms with Crippen molar-refractivity contribution in [2.24, 2.45) is 0 Å². The Bertz CT molecular complexity index is 832. The fraction of sp³-hybridized carbons (Fsp3) is 0.200. The molecule has 0 amide bonds. The van der Waals surface area contributed by atoms with Crippen molar-refractivity contribution in [1.82, 2.24) is 9.97 Å². The zero-order chi connectivity index (χ0) is 17.6. The van der Waals surface area contributed by atoms with Crippen molar-refractivity contribution in [3.8, 4) is 11.3 Å². The van der Waals surface area contributed by atoms with Gasteiger partial charge in [-0.1, -0.05) is 48.0 Å². The van der Waals surface area contributed by atoms with Crippen molar-refractivity contribution < 1.29 is 0 Å². The van der Waals surface area contributed by atoms with E-state index in [1.54, 1.807) is 0 Å². The third kappa shape index (κ3) is 4.28. The van der Waals surface area contributed by atoms with Crippen LogP contribution in [-0.2, 0) is 0 Å². The second-order valence-electron chi connectivity index (χ2n) is 5.61.